The fraction of sp³-hybridized carbons (Fsp3) is 0.250. The molecule has 10 nitrogen and oxygen atoms in total. The van der Waals surface area contributed by atoms with Gasteiger partial charge in [0.15, 0.2) is 12.8 Å². The van der Waals surface area contributed by atoms with Gasteiger partial charge >= 0.3 is 6.03 Å². The number of aromatic nitrogens is 1. The fourth-order valence-corrected chi connectivity index (χ4v) is 5.45. The maximum absolute atomic E-state index is 14.0. The summed E-state index contributed by atoms with van der Waals surface area (Å²) in [7, 11) is 0. The van der Waals surface area contributed by atoms with Crippen LogP contribution in [-0.4, -0.2) is 68.2 Å². The van der Waals surface area contributed by atoms with Gasteiger partial charge in [0.25, 0.3) is 5.91 Å². The van der Waals surface area contributed by atoms with E-state index in [1.807, 2.05) is 60.7 Å². The van der Waals surface area contributed by atoms with E-state index in [9.17, 15) is 19.5 Å². The number of nitrogens with one attached hydrogen (secondary N) is 1. The van der Waals surface area contributed by atoms with Gasteiger partial charge in [0.1, 0.15) is 11.8 Å². The lowest BCUT2D eigenvalue weighted by atomic mass is 9.98. The third-order valence-electron chi connectivity index (χ3n) is 7.45. The van der Waals surface area contributed by atoms with E-state index >= 15 is 0 Å². The minimum absolute atomic E-state index is 0. The van der Waals surface area contributed by atoms with Crippen molar-refractivity contribution >= 4 is 28.7 Å². The highest BCUT2D eigenvalue weighted by atomic mass is 16.7. The Bertz CT molecular complexity index is 1570. The van der Waals surface area contributed by atoms with Crippen LogP contribution in [0.4, 0.5) is 4.79 Å². The molecule has 42 heavy (non-hydrogen) atoms. The highest BCUT2D eigenvalue weighted by Crippen LogP contribution is 2.29. The molecule has 2 saturated heterocycles. The Morgan fingerprint density at radius 1 is 0.952 bits per heavy atom. The largest absolute Gasteiger partial charge is 0.508 e. The number of rotatable bonds is 6. The molecular formula is C32H33N5O5. The normalized spacial score (nSPS) is 18.4. The molecule has 0 bridgehead atoms. The van der Waals surface area contributed by atoms with Crippen molar-refractivity contribution in [3.05, 3.63) is 108 Å². The molecule has 1 aromatic heterocycles. The third kappa shape index (κ3) is 5.75. The second kappa shape index (κ2) is 12.3. The molecule has 6 rings (SSSR count). The van der Waals surface area contributed by atoms with E-state index < -0.39 is 18.2 Å². The SMILES string of the molecule is C.O=C1[C@H](Cc2ccc(O)cc2)N2C(=O)CON(C(=O)NCc3ccccc3)[C@H]2CN1Cc1cccc2cccnc12. The van der Waals surface area contributed by atoms with Gasteiger partial charge in [-0.05, 0) is 34.9 Å². The first kappa shape index (κ1) is 28.6. The monoisotopic (exact) mass is 567 g/mol. The highest BCUT2D eigenvalue weighted by Gasteiger charge is 2.49. The van der Waals surface area contributed by atoms with E-state index in [4.69, 9.17) is 4.84 Å². The summed E-state index contributed by atoms with van der Waals surface area (Å²) in [5, 5.41) is 14.8. The molecule has 3 aromatic carbocycles. The van der Waals surface area contributed by atoms with E-state index in [0.717, 1.165) is 27.6 Å². The summed E-state index contributed by atoms with van der Waals surface area (Å²) in [5.74, 6) is -0.497. The third-order valence-corrected chi connectivity index (χ3v) is 7.45. The number of amides is 4. The Morgan fingerprint density at radius 2 is 1.71 bits per heavy atom. The number of phenolic OH excluding ortho intramolecular Hbond substituents is 1. The average molecular weight is 568 g/mol. The molecule has 0 saturated carbocycles. The molecule has 2 atom stereocenters. The van der Waals surface area contributed by atoms with Gasteiger partial charge in [0, 0.05) is 31.1 Å². The number of benzene rings is 3. The van der Waals surface area contributed by atoms with Crippen LogP contribution in [0.25, 0.3) is 10.9 Å². The molecule has 0 spiro atoms. The molecule has 0 unspecified atom stereocenters. The lowest BCUT2D eigenvalue weighted by Crippen LogP contribution is -2.72. The van der Waals surface area contributed by atoms with E-state index in [0.29, 0.717) is 0 Å². The number of piperazine rings is 1. The van der Waals surface area contributed by atoms with Crippen LogP contribution in [0.2, 0.25) is 0 Å². The van der Waals surface area contributed by atoms with Crippen LogP contribution < -0.4 is 5.32 Å². The predicted octanol–water partition coefficient (Wildman–Crippen LogP) is 3.84. The van der Waals surface area contributed by atoms with Gasteiger partial charge in [0.05, 0.1) is 12.1 Å². The van der Waals surface area contributed by atoms with Crippen LogP contribution in [-0.2, 0) is 33.9 Å². The standard InChI is InChI=1S/C31H29N5O5.CH4/c37-25-13-11-21(12-14-25)16-26-30(39)34(18-24-9-4-8-23-10-5-15-32-29(23)24)19-27-35(26)28(38)20-41-36(27)31(40)33-17-22-6-2-1-3-7-22;/h1-15,26-27,37H,16-20H2,(H,33,40);1H4/t26-,27-;/m0./s1. The lowest BCUT2D eigenvalue weighted by Gasteiger charge is -2.51. The Morgan fingerprint density at radius 3 is 2.50 bits per heavy atom. The van der Waals surface area contributed by atoms with Crippen LogP contribution in [0.3, 0.4) is 0 Å². The number of nitrogens with zero attached hydrogens (tertiary/aromatic N) is 4. The Balaban J connectivity index is 0.00000353. The summed E-state index contributed by atoms with van der Waals surface area (Å²) in [6.07, 6.45) is 1.09. The van der Waals surface area contributed by atoms with Crippen molar-refractivity contribution in [2.75, 3.05) is 13.2 Å². The zero-order chi connectivity index (χ0) is 28.3. The van der Waals surface area contributed by atoms with Gasteiger partial charge < -0.3 is 20.2 Å². The Kier molecular flexibility index (Phi) is 8.35. The molecule has 10 heteroatoms. The molecule has 2 aliphatic heterocycles. The zero-order valence-electron chi connectivity index (χ0n) is 22.2. The summed E-state index contributed by atoms with van der Waals surface area (Å²) in [4.78, 5) is 54.0. The molecule has 3 heterocycles. The van der Waals surface area contributed by atoms with Crippen LogP contribution in [0.15, 0.2) is 91.1 Å². The van der Waals surface area contributed by atoms with E-state index in [1.54, 1.807) is 35.4 Å². The fourth-order valence-electron chi connectivity index (χ4n) is 5.45. The van der Waals surface area contributed by atoms with Crippen LogP contribution >= 0.6 is 0 Å². The predicted molar refractivity (Wildman–Crippen MR) is 157 cm³/mol. The topological polar surface area (TPSA) is 115 Å². The summed E-state index contributed by atoms with van der Waals surface area (Å²) < 4.78 is 0. The smallest absolute Gasteiger partial charge is 0.343 e. The van der Waals surface area contributed by atoms with Crippen molar-refractivity contribution < 1.29 is 24.3 Å². The number of para-hydroxylation sites is 1. The second-order valence-electron chi connectivity index (χ2n) is 10.1. The molecule has 2 aliphatic rings. The number of pyridine rings is 1. The van der Waals surface area contributed by atoms with Crippen molar-refractivity contribution in [1.82, 2.24) is 25.2 Å². The number of urea groups is 1. The maximum Gasteiger partial charge on any atom is 0.343 e. The Hall–Kier alpha value is -4.96. The first-order valence-electron chi connectivity index (χ1n) is 13.4. The quantitative estimate of drug-likeness (QED) is 0.366. The molecule has 4 amide bonds. The second-order valence-corrected chi connectivity index (χ2v) is 10.1. The van der Waals surface area contributed by atoms with Gasteiger partial charge in [-0.3, -0.25) is 19.4 Å². The number of hydrogen-bond acceptors (Lipinski definition) is 6. The summed E-state index contributed by atoms with van der Waals surface area (Å²) >= 11 is 0. The van der Waals surface area contributed by atoms with Crippen molar-refractivity contribution in [3.63, 3.8) is 0 Å². The number of phenols is 1. The van der Waals surface area contributed by atoms with Crippen LogP contribution in [0, 0.1) is 0 Å². The molecule has 2 fully saturated rings. The molecule has 4 aromatic rings. The first-order valence-corrected chi connectivity index (χ1v) is 13.4. The number of hydroxylamine groups is 2. The molecule has 0 aliphatic carbocycles. The molecule has 216 valence electrons. The van der Waals surface area contributed by atoms with Gasteiger partial charge in [0.2, 0.25) is 5.91 Å². The Labute approximate surface area is 244 Å². The first-order chi connectivity index (χ1) is 20.0. The van der Waals surface area contributed by atoms with Crippen LogP contribution in [0.5, 0.6) is 5.75 Å². The minimum Gasteiger partial charge on any atom is -0.508 e. The van der Waals surface area contributed by atoms with E-state index in [1.165, 1.54) is 9.96 Å². The van der Waals surface area contributed by atoms with Crippen molar-refractivity contribution in [2.45, 2.75) is 39.1 Å². The molecule has 0 radical (unpaired) electrons. The summed E-state index contributed by atoms with van der Waals surface area (Å²) in [6, 6.07) is 24.3. The summed E-state index contributed by atoms with van der Waals surface area (Å²) in [6.45, 7) is 0.235. The van der Waals surface area contributed by atoms with E-state index in [-0.39, 0.29) is 57.7 Å². The number of hydrogen-bond donors (Lipinski definition) is 2. The van der Waals surface area contributed by atoms with Crippen molar-refractivity contribution in [2.24, 2.45) is 0 Å². The highest BCUT2D eigenvalue weighted by molar-refractivity contribution is 5.91. The van der Waals surface area contributed by atoms with Gasteiger partial charge in [-0.2, -0.15) is 5.06 Å². The van der Waals surface area contributed by atoms with Gasteiger partial charge in [-0.15, -0.1) is 0 Å². The van der Waals surface area contributed by atoms with Crippen LogP contribution in [0.1, 0.15) is 24.1 Å². The van der Waals surface area contributed by atoms with Crippen molar-refractivity contribution in [3.8, 4) is 5.75 Å². The average Bonchev–Trinajstić information content (AvgIpc) is 3.00. The molecular weight excluding hydrogens is 534 g/mol. The number of carbonyl (C=O) groups excluding carboxylic acids is 3. The number of fused-ring (bicyclic) bond motifs is 2. The number of carbonyl (C=O) groups is 3. The lowest BCUT2D eigenvalue weighted by molar-refractivity contribution is -0.236. The van der Waals surface area contributed by atoms with Gasteiger partial charge in [-0.1, -0.05) is 74.2 Å². The van der Waals surface area contributed by atoms with Crippen molar-refractivity contribution in [1.29, 1.82) is 0 Å². The molecule has 2 N–H and O–H groups in total. The number of aromatic hydroxyl groups is 1. The minimum atomic E-state index is -0.873. The maximum atomic E-state index is 14.0. The zero-order valence-corrected chi connectivity index (χ0v) is 22.2. The summed E-state index contributed by atoms with van der Waals surface area (Å²) in [5.41, 5.74) is 3.33. The van der Waals surface area contributed by atoms with Gasteiger partial charge in [-0.25, -0.2) is 4.79 Å². The van der Waals surface area contributed by atoms with E-state index in [2.05, 4.69) is 10.3 Å².